The molecule has 56 heavy (non-hydrogen) atoms. The van der Waals surface area contributed by atoms with Crippen molar-refractivity contribution in [2.24, 2.45) is 9.98 Å². The van der Waals surface area contributed by atoms with Crippen molar-refractivity contribution in [3.05, 3.63) is 217 Å². The van der Waals surface area contributed by atoms with Gasteiger partial charge in [0.2, 0.25) is 0 Å². The van der Waals surface area contributed by atoms with Gasteiger partial charge in [-0.05, 0) is 71.3 Å². The minimum absolute atomic E-state index is 0.266. The van der Waals surface area contributed by atoms with Gasteiger partial charge in [-0.2, -0.15) is 0 Å². The molecule has 8 aromatic carbocycles. The first-order valence-electron chi connectivity index (χ1n) is 19.0. The van der Waals surface area contributed by atoms with E-state index in [-0.39, 0.29) is 6.17 Å². The Hall–Kier alpha value is -7.50. The number of hydrogen-bond donors (Lipinski definition) is 1. The van der Waals surface area contributed by atoms with Crippen LogP contribution in [0.2, 0.25) is 0 Å². The molecule has 3 heterocycles. The second-order valence-corrected chi connectivity index (χ2v) is 14.3. The van der Waals surface area contributed by atoms with Gasteiger partial charge in [-0.25, -0.2) is 9.98 Å². The molecule has 0 radical (unpaired) electrons. The summed E-state index contributed by atoms with van der Waals surface area (Å²) < 4.78 is 4.76. The molecule has 5 heteroatoms. The molecule has 0 spiro atoms. The third-order valence-corrected chi connectivity index (χ3v) is 11.0. The van der Waals surface area contributed by atoms with Crippen molar-refractivity contribution < 1.29 is 0 Å². The van der Waals surface area contributed by atoms with Crippen molar-refractivity contribution in [2.45, 2.75) is 6.17 Å². The molecule has 1 aliphatic heterocycles. The van der Waals surface area contributed by atoms with E-state index in [1.165, 1.54) is 43.7 Å². The first-order valence-corrected chi connectivity index (χ1v) is 19.0. The summed E-state index contributed by atoms with van der Waals surface area (Å²) in [7, 11) is 0. The number of fused-ring (bicyclic) bond motifs is 6. The van der Waals surface area contributed by atoms with Crippen LogP contribution in [0.4, 0.5) is 0 Å². The third-order valence-electron chi connectivity index (χ3n) is 11.0. The number of aliphatic imine (C=N–C) groups is 2. The average Bonchev–Trinajstić information content (AvgIpc) is 3.79. The molecule has 0 saturated carbocycles. The summed E-state index contributed by atoms with van der Waals surface area (Å²) in [5, 5.41) is 8.57. The van der Waals surface area contributed by atoms with Gasteiger partial charge in [-0.3, -0.25) is 0 Å². The summed E-state index contributed by atoms with van der Waals surface area (Å²) in [4.78, 5) is 10.2. The number of rotatable bonds is 6. The second-order valence-electron chi connectivity index (χ2n) is 14.3. The van der Waals surface area contributed by atoms with Crippen LogP contribution in [0.15, 0.2) is 210 Å². The van der Waals surface area contributed by atoms with Gasteiger partial charge in [0, 0.05) is 44.0 Å². The maximum absolute atomic E-state index is 5.11. The topological polar surface area (TPSA) is 46.6 Å². The van der Waals surface area contributed by atoms with Crippen molar-refractivity contribution in [3.8, 4) is 22.5 Å². The quantitative estimate of drug-likeness (QED) is 0.183. The van der Waals surface area contributed by atoms with E-state index in [1.54, 1.807) is 0 Å². The van der Waals surface area contributed by atoms with E-state index in [0.29, 0.717) is 5.84 Å². The van der Waals surface area contributed by atoms with Crippen LogP contribution in [0.3, 0.4) is 0 Å². The van der Waals surface area contributed by atoms with E-state index < -0.39 is 0 Å². The Morgan fingerprint density at radius 3 is 1.70 bits per heavy atom. The van der Waals surface area contributed by atoms with Gasteiger partial charge in [0.25, 0.3) is 0 Å². The maximum Gasteiger partial charge on any atom is 0.159 e. The van der Waals surface area contributed by atoms with Crippen LogP contribution >= 0.6 is 0 Å². The van der Waals surface area contributed by atoms with Gasteiger partial charge >= 0.3 is 0 Å². The van der Waals surface area contributed by atoms with E-state index >= 15 is 0 Å². The number of hydrogen-bond acceptors (Lipinski definition) is 3. The van der Waals surface area contributed by atoms with Gasteiger partial charge in [0.15, 0.2) is 5.84 Å². The van der Waals surface area contributed by atoms with Crippen molar-refractivity contribution in [3.63, 3.8) is 0 Å². The molecule has 264 valence electrons. The molecule has 0 bridgehead atoms. The fourth-order valence-corrected chi connectivity index (χ4v) is 8.35. The monoisotopic (exact) mass is 717 g/mol. The Morgan fingerprint density at radius 1 is 0.375 bits per heavy atom. The zero-order valence-electron chi connectivity index (χ0n) is 30.4. The van der Waals surface area contributed by atoms with Crippen LogP contribution in [0.25, 0.3) is 66.1 Å². The summed E-state index contributed by atoms with van der Waals surface area (Å²) in [6, 6.07) is 71.1. The first-order chi connectivity index (χ1) is 27.8. The van der Waals surface area contributed by atoms with Crippen molar-refractivity contribution >= 4 is 55.3 Å². The molecule has 2 aromatic heterocycles. The zero-order chi connectivity index (χ0) is 37.0. The van der Waals surface area contributed by atoms with Crippen molar-refractivity contribution in [1.82, 2.24) is 14.5 Å². The Labute approximate surface area is 324 Å². The predicted molar refractivity (Wildman–Crippen MR) is 232 cm³/mol. The molecule has 10 aromatic rings. The molecule has 1 N–H and O–H groups in total. The lowest BCUT2D eigenvalue weighted by Gasteiger charge is -2.24. The molecule has 5 nitrogen and oxygen atoms in total. The highest BCUT2D eigenvalue weighted by molar-refractivity contribution is 6.14. The molecule has 0 amide bonds. The smallest absolute Gasteiger partial charge is 0.159 e. The lowest BCUT2D eigenvalue weighted by Crippen LogP contribution is -2.33. The summed E-state index contributed by atoms with van der Waals surface area (Å²) in [6.45, 7) is 0. The van der Waals surface area contributed by atoms with Crippen molar-refractivity contribution in [1.29, 1.82) is 0 Å². The lowest BCUT2D eigenvalue weighted by atomic mass is 10.0. The van der Waals surface area contributed by atoms with Crippen LogP contribution in [0.5, 0.6) is 0 Å². The summed E-state index contributed by atoms with van der Waals surface area (Å²) >= 11 is 0. The van der Waals surface area contributed by atoms with E-state index in [4.69, 9.17) is 9.98 Å². The number of benzene rings is 8. The summed E-state index contributed by atoms with van der Waals surface area (Å²) in [5.74, 6) is 1.50. The Balaban J connectivity index is 1.05. The molecule has 0 aliphatic carbocycles. The molecule has 0 saturated heterocycles. The third kappa shape index (κ3) is 5.32. The van der Waals surface area contributed by atoms with Crippen LogP contribution < -0.4 is 5.32 Å². The van der Waals surface area contributed by atoms with E-state index in [2.05, 4.69) is 190 Å². The lowest BCUT2D eigenvalue weighted by molar-refractivity contribution is 0.674. The largest absolute Gasteiger partial charge is 0.344 e. The fourth-order valence-electron chi connectivity index (χ4n) is 8.35. The number of amidine groups is 2. The highest BCUT2D eigenvalue weighted by atomic mass is 15.2. The summed E-state index contributed by atoms with van der Waals surface area (Å²) in [6.07, 6.45) is -0.266. The Morgan fingerprint density at radius 2 is 0.929 bits per heavy atom. The highest BCUT2D eigenvalue weighted by Crippen LogP contribution is 2.38. The Kier molecular flexibility index (Phi) is 7.49. The first kappa shape index (κ1) is 32.0. The van der Waals surface area contributed by atoms with Gasteiger partial charge in [0.1, 0.15) is 12.0 Å². The van der Waals surface area contributed by atoms with Crippen LogP contribution in [-0.2, 0) is 0 Å². The zero-order valence-corrected chi connectivity index (χ0v) is 30.4. The average molecular weight is 718 g/mol. The second kappa shape index (κ2) is 13.1. The number of nitrogens with one attached hydrogen (secondary N) is 1. The van der Waals surface area contributed by atoms with E-state index in [0.717, 1.165) is 44.9 Å². The number of para-hydroxylation sites is 3. The molecule has 11 rings (SSSR count). The molecule has 1 aliphatic rings. The highest BCUT2D eigenvalue weighted by Gasteiger charge is 2.22. The predicted octanol–water partition coefficient (Wildman–Crippen LogP) is 12.0. The SMILES string of the molecule is c1ccc(C2=NC(c3ccccc3)NC(c3cccc(-n4c5ccccc5c5ccc(-c6ccc7c(c6)c6ccccc6n7-c6ccccc6)cc54)c3)=N2)cc1. The van der Waals surface area contributed by atoms with Gasteiger partial charge in [0.05, 0.1) is 22.1 Å². The minimum atomic E-state index is -0.266. The molecule has 1 unspecified atom stereocenters. The molecule has 1 atom stereocenters. The normalized spacial score (nSPS) is 14.2. The van der Waals surface area contributed by atoms with Gasteiger partial charge < -0.3 is 14.5 Å². The van der Waals surface area contributed by atoms with E-state index in [1.807, 2.05) is 24.3 Å². The summed E-state index contributed by atoms with van der Waals surface area (Å²) in [5.41, 5.74) is 12.4. The standard InChI is InChI=1S/C51H35N5/c1-4-15-34(16-5-1)49-52-50(35-17-6-2-7-18-35)54-51(53-49)38-19-14-22-40(31-38)56-45-25-12-10-23-41(45)43-29-27-37(33-48(43)56)36-28-30-47-44(32-36)42-24-11-13-26-46(42)55(47)39-20-8-3-9-21-39/h1-33,49H,(H,52,53,54). The minimum Gasteiger partial charge on any atom is -0.344 e. The molecular weight excluding hydrogens is 683 g/mol. The number of nitrogens with zero attached hydrogens (tertiary/aromatic N) is 4. The van der Waals surface area contributed by atoms with Crippen LogP contribution in [0.1, 0.15) is 22.9 Å². The molecular formula is C51H35N5. The van der Waals surface area contributed by atoms with Gasteiger partial charge in [-0.15, -0.1) is 0 Å². The Bertz CT molecular complexity index is 3150. The van der Waals surface area contributed by atoms with E-state index in [9.17, 15) is 0 Å². The van der Waals surface area contributed by atoms with Crippen LogP contribution in [-0.4, -0.2) is 20.8 Å². The molecule has 0 fully saturated rings. The maximum atomic E-state index is 5.11. The van der Waals surface area contributed by atoms with Crippen molar-refractivity contribution in [2.75, 3.05) is 0 Å². The number of aromatic nitrogens is 2. The van der Waals surface area contributed by atoms with Gasteiger partial charge in [-0.1, -0.05) is 146 Å². The van der Waals surface area contributed by atoms with Crippen LogP contribution in [0, 0.1) is 0 Å². The fraction of sp³-hybridized carbons (Fsp3) is 0.0196.